The lowest BCUT2D eigenvalue weighted by Crippen LogP contribution is -2.14. The highest BCUT2D eigenvalue weighted by atomic mass is 15.0. The van der Waals surface area contributed by atoms with Gasteiger partial charge in [0, 0.05) is 27.7 Å². The Morgan fingerprint density at radius 3 is 1.92 bits per heavy atom. The first-order valence-electron chi connectivity index (χ1n) is 14.3. The molecule has 2 aliphatic rings. The van der Waals surface area contributed by atoms with Crippen molar-refractivity contribution in [1.82, 2.24) is 4.57 Å². The first kappa shape index (κ1) is 22.6. The average molecular weight is 502 g/mol. The van der Waals surface area contributed by atoms with Crippen LogP contribution in [0.25, 0.3) is 49.8 Å². The van der Waals surface area contributed by atoms with Crippen LogP contribution in [0.3, 0.4) is 0 Å². The molecule has 39 heavy (non-hydrogen) atoms. The third kappa shape index (κ3) is 3.53. The van der Waals surface area contributed by atoms with Crippen LogP contribution in [0.15, 0.2) is 121 Å². The molecule has 1 aromatic heterocycles. The third-order valence-corrected chi connectivity index (χ3v) is 8.97. The number of nitrogens with zero attached hydrogens (tertiary/aromatic N) is 1. The first-order valence-corrected chi connectivity index (χ1v) is 14.3. The van der Waals surface area contributed by atoms with Crippen LogP contribution in [0.1, 0.15) is 47.9 Å². The van der Waals surface area contributed by atoms with Gasteiger partial charge in [0.25, 0.3) is 0 Å². The SMILES string of the molecule is C1=Cc2c(c(-c3ccccc3)c3ccccc3c2C2C=CC(n3c4ccccc4c4ccccc43)CC2)CC1. The molecular weight excluding hydrogens is 470 g/mol. The Kier molecular flexibility index (Phi) is 5.29. The average Bonchev–Trinajstić information content (AvgIpc) is 3.35. The van der Waals surface area contributed by atoms with E-state index in [1.165, 1.54) is 60.4 Å². The van der Waals surface area contributed by atoms with E-state index in [4.69, 9.17) is 0 Å². The lowest BCUT2D eigenvalue weighted by atomic mass is 9.76. The zero-order chi connectivity index (χ0) is 25.8. The van der Waals surface area contributed by atoms with Gasteiger partial charge in [-0.2, -0.15) is 0 Å². The standard InChI is InChI=1S/C38H31N/c1-2-12-26(13-3-1)37-31-16-4-6-18-33(31)38(34-19-7-5-17-32(34)37)27-22-24-28(25-23-27)39-35-20-10-8-14-29(35)30-15-9-11-21-36(30)39/h1-4,6-16,18-22,24,27-28H,5,17,23,25H2. The van der Waals surface area contributed by atoms with Crippen LogP contribution in [-0.2, 0) is 6.42 Å². The summed E-state index contributed by atoms with van der Waals surface area (Å²) in [4.78, 5) is 0. The zero-order valence-electron chi connectivity index (χ0n) is 22.1. The summed E-state index contributed by atoms with van der Waals surface area (Å²) in [6.45, 7) is 0. The maximum absolute atomic E-state index is 2.57. The topological polar surface area (TPSA) is 4.93 Å². The van der Waals surface area contributed by atoms with Crippen LogP contribution in [0, 0.1) is 0 Å². The maximum Gasteiger partial charge on any atom is 0.0523 e. The van der Waals surface area contributed by atoms with Gasteiger partial charge in [-0.1, -0.05) is 115 Å². The minimum Gasteiger partial charge on any atom is -0.333 e. The van der Waals surface area contributed by atoms with Gasteiger partial charge in [-0.15, -0.1) is 0 Å². The molecule has 1 heteroatoms. The Labute approximate surface area is 229 Å². The molecule has 188 valence electrons. The van der Waals surface area contributed by atoms with Gasteiger partial charge in [0.1, 0.15) is 0 Å². The smallest absolute Gasteiger partial charge is 0.0523 e. The summed E-state index contributed by atoms with van der Waals surface area (Å²) in [6.07, 6.45) is 14.3. The van der Waals surface area contributed by atoms with Crippen molar-refractivity contribution in [2.75, 3.05) is 0 Å². The van der Waals surface area contributed by atoms with Crippen LogP contribution in [0.4, 0.5) is 0 Å². The van der Waals surface area contributed by atoms with E-state index >= 15 is 0 Å². The molecule has 2 atom stereocenters. The highest BCUT2D eigenvalue weighted by Crippen LogP contribution is 2.46. The third-order valence-electron chi connectivity index (χ3n) is 8.97. The van der Waals surface area contributed by atoms with Gasteiger partial charge in [0.05, 0.1) is 6.04 Å². The molecule has 0 amide bonds. The highest BCUT2D eigenvalue weighted by molar-refractivity contribution is 6.08. The minimum absolute atomic E-state index is 0.368. The van der Waals surface area contributed by atoms with Crippen molar-refractivity contribution in [1.29, 1.82) is 0 Å². The van der Waals surface area contributed by atoms with Crippen molar-refractivity contribution in [2.24, 2.45) is 0 Å². The number of para-hydroxylation sites is 2. The molecule has 2 unspecified atom stereocenters. The van der Waals surface area contributed by atoms with Crippen LogP contribution in [0.5, 0.6) is 0 Å². The van der Waals surface area contributed by atoms with Crippen molar-refractivity contribution in [3.05, 3.63) is 138 Å². The molecule has 1 heterocycles. The van der Waals surface area contributed by atoms with E-state index in [2.05, 4.69) is 132 Å². The number of hydrogen-bond donors (Lipinski definition) is 0. The Morgan fingerprint density at radius 2 is 1.23 bits per heavy atom. The maximum atomic E-state index is 2.57. The molecule has 0 fully saturated rings. The molecule has 0 spiro atoms. The molecule has 0 bridgehead atoms. The van der Waals surface area contributed by atoms with Gasteiger partial charge < -0.3 is 4.57 Å². The Morgan fingerprint density at radius 1 is 0.590 bits per heavy atom. The number of benzene rings is 5. The van der Waals surface area contributed by atoms with E-state index in [-0.39, 0.29) is 0 Å². The second-order valence-electron chi connectivity index (χ2n) is 11.1. The lowest BCUT2D eigenvalue weighted by molar-refractivity contribution is 0.514. The number of hydrogen-bond acceptors (Lipinski definition) is 0. The van der Waals surface area contributed by atoms with E-state index in [9.17, 15) is 0 Å². The van der Waals surface area contributed by atoms with E-state index in [0.29, 0.717) is 12.0 Å². The predicted molar refractivity (Wildman–Crippen MR) is 166 cm³/mol. The van der Waals surface area contributed by atoms with Gasteiger partial charge in [0.2, 0.25) is 0 Å². The molecule has 0 aliphatic heterocycles. The highest BCUT2D eigenvalue weighted by Gasteiger charge is 2.27. The molecular formula is C38H31N. The fraction of sp³-hybridized carbons (Fsp3) is 0.158. The summed E-state index contributed by atoms with van der Waals surface area (Å²) in [7, 11) is 0. The van der Waals surface area contributed by atoms with E-state index in [1.54, 1.807) is 0 Å². The Bertz CT molecular complexity index is 1860. The van der Waals surface area contributed by atoms with Crippen molar-refractivity contribution in [3.8, 4) is 11.1 Å². The quantitative estimate of drug-likeness (QED) is 0.213. The Hall–Kier alpha value is -4.36. The molecule has 0 radical (unpaired) electrons. The molecule has 6 aromatic rings. The monoisotopic (exact) mass is 501 g/mol. The van der Waals surface area contributed by atoms with Crippen LogP contribution < -0.4 is 0 Å². The molecule has 8 rings (SSSR count). The summed E-state index contributed by atoms with van der Waals surface area (Å²) in [5, 5.41) is 5.51. The summed E-state index contributed by atoms with van der Waals surface area (Å²) in [5.41, 5.74) is 9.94. The van der Waals surface area contributed by atoms with Gasteiger partial charge in [-0.05, 0) is 76.4 Å². The molecule has 1 nitrogen and oxygen atoms in total. The zero-order valence-corrected chi connectivity index (χ0v) is 22.1. The van der Waals surface area contributed by atoms with Crippen LogP contribution >= 0.6 is 0 Å². The number of aromatic nitrogens is 1. The molecule has 2 aliphatic carbocycles. The van der Waals surface area contributed by atoms with Crippen molar-refractivity contribution >= 4 is 38.7 Å². The second kappa shape index (κ2) is 9.13. The van der Waals surface area contributed by atoms with Crippen LogP contribution in [0.2, 0.25) is 0 Å². The first-order chi connectivity index (χ1) is 19.4. The number of fused-ring (bicyclic) bond motifs is 5. The van der Waals surface area contributed by atoms with Crippen LogP contribution in [-0.4, -0.2) is 4.57 Å². The predicted octanol–water partition coefficient (Wildman–Crippen LogP) is 10.2. The van der Waals surface area contributed by atoms with Gasteiger partial charge >= 0.3 is 0 Å². The molecule has 0 N–H and O–H groups in total. The normalized spacial score (nSPS) is 18.7. The van der Waals surface area contributed by atoms with Gasteiger partial charge in [0.15, 0.2) is 0 Å². The summed E-state index contributed by atoms with van der Waals surface area (Å²) < 4.78 is 2.57. The van der Waals surface area contributed by atoms with Crippen molar-refractivity contribution in [3.63, 3.8) is 0 Å². The van der Waals surface area contributed by atoms with Gasteiger partial charge in [-0.25, -0.2) is 0 Å². The summed E-state index contributed by atoms with van der Waals surface area (Å²) in [6, 6.07) is 38.3. The summed E-state index contributed by atoms with van der Waals surface area (Å²) >= 11 is 0. The molecule has 0 saturated carbocycles. The lowest BCUT2D eigenvalue weighted by Gasteiger charge is -2.30. The summed E-state index contributed by atoms with van der Waals surface area (Å²) in [5.74, 6) is 0.417. The second-order valence-corrected chi connectivity index (χ2v) is 11.1. The fourth-order valence-electron chi connectivity index (χ4n) is 7.32. The van der Waals surface area contributed by atoms with E-state index in [1.807, 2.05) is 0 Å². The van der Waals surface area contributed by atoms with Crippen molar-refractivity contribution < 1.29 is 0 Å². The fourth-order valence-corrected chi connectivity index (χ4v) is 7.32. The van der Waals surface area contributed by atoms with E-state index in [0.717, 1.165) is 25.7 Å². The minimum atomic E-state index is 0.368. The molecule has 5 aromatic carbocycles. The van der Waals surface area contributed by atoms with Gasteiger partial charge in [-0.3, -0.25) is 0 Å². The number of allylic oxidation sites excluding steroid dienone is 3. The molecule has 0 saturated heterocycles. The van der Waals surface area contributed by atoms with Crippen molar-refractivity contribution in [2.45, 2.75) is 37.6 Å². The largest absolute Gasteiger partial charge is 0.333 e. The number of rotatable bonds is 3. The van der Waals surface area contributed by atoms with E-state index < -0.39 is 0 Å². The Balaban J connectivity index is 1.28.